The normalized spacial score (nSPS) is 26.2. The van der Waals surface area contributed by atoms with Gasteiger partial charge in [0.15, 0.2) is 7.05 Å². The highest BCUT2D eigenvalue weighted by molar-refractivity contribution is 8.03. The van der Waals surface area contributed by atoms with Gasteiger partial charge in [-0.25, -0.2) is 9.48 Å². The molecule has 5 heterocycles. The number of aromatic nitrogens is 6. The number of nitrogens with zero attached hydrogens (tertiary/aromatic N) is 7. The number of amides is 2. The van der Waals surface area contributed by atoms with Crippen molar-refractivity contribution in [2.75, 3.05) is 13.1 Å². The smallest absolute Gasteiger partial charge is 0.353 e. The van der Waals surface area contributed by atoms with Gasteiger partial charge in [-0.1, -0.05) is 18.7 Å². The zero-order valence-electron chi connectivity index (χ0n) is 20.4. The Hall–Kier alpha value is -3.26. The number of hydrogen-bond acceptors (Lipinski definition) is 8. The van der Waals surface area contributed by atoms with Gasteiger partial charge in [0.25, 0.3) is 0 Å². The summed E-state index contributed by atoms with van der Waals surface area (Å²) in [5, 5.41) is 26.9. The lowest BCUT2D eigenvalue weighted by Crippen LogP contribution is -2.66. The average molecular weight is 517 g/mol. The van der Waals surface area contributed by atoms with E-state index >= 15 is 0 Å². The summed E-state index contributed by atoms with van der Waals surface area (Å²) in [6.07, 6.45) is 6.50. The lowest BCUT2D eigenvalue weighted by atomic mass is 9.78. The molecule has 2 aromatic heterocycles. The third kappa shape index (κ3) is 4.39. The van der Waals surface area contributed by atoms with Gasteiger partial charge in [-0.3, -0.25) is 9.59 Å². The number of thioether (sulfide) groups is 1. The first-order valence-electron chi connectivity index (χ1n) is 12.0. The second kappa shape index (κ2) is 9.65. The summed E-state index contributed by atoms with van der Waals surface area (Å²) < 4.78 is 5.46. The molecule has 5 atom stereocenters. The maximum atomic E-state index is 13.1. The number of fused-ring (bicyclic) bond motifs is 1. The fourth-order valence-corrected chi connectivity index (χ4v) is 6.73. The SMILES string of the molecule is C[C@@H](NC(=O)Cn1cnnn1)[C@H]1C(=O)N2C(C(=O)O)=C(Sc3cn(C[C@@H]4CCNC4)[n+](C)c3)[C@H](C)[C@H]12. The van der Waals surface area contributed by atoms with Crippen LogP contribution in [0.25, 0.3) is 0 Å². The Morgan fingerprint density at radius 1 is 1.42 bits per heavy atom. The quantitative estimate of drug-likeness (QED) is 0.281. The first-order chi connectivity index (χ1) is 17.2. The van der Waals surface area contributed by atoms with Gasteiger partial charge in [0.1, 0.15) is 18.6 Å². The van der Waals surface area contributed by atoms with Gasteiger partial charge in [0, 0.05) is 16.9 Å². The molecule has 0 spiro atoms. The zero-order valence-corrected chi connectivity index (χ0v) is 21.2. The predicted molar refractivity (Wildman–Crippen MR) is 126 cm³/mol. The summed E-state index contributed by atoms with van der Waals surface area (Å²) in [7, 11) is 1.98. The van der Waals surface area contributed by atoms with E-state index in [9.17, 15) is 19.5 Å². The van der Waals surface area contributed by atoms with E-state index in [0.29, 0.717) is 10.8 Å². The molecular weight excluding hydrogens is 486 g/mol. The highest BCUT2D eigenvalue weighted by Gasteiger charge is 2.60. The molecule has 3 aliphatic rings. The van der Waals surface area contributed by atoms with Crippen LogP contribution >= 0.6 is 11.8 Å². The molecule has 2 aromatic rings. The number of β-lactam (4-membered cyclic amide) rings is 1. The van der Waals surface area contributed by atoms with E-state index in [-0.39, 0.29) is 36.0 Å². The Labute approximate surface area is 211 Å². The van der Waals surface area contributed by atoms with Crippen molar-refractivity contribution in [3.63, 3.8) is 0 Å². The molecule has 2 saturated heterocycles. The second-order valence-electron chi connectivity index (χ2n) is 9.71. The number of tetrazole rings is 1. The van der Waals surface area contributed by atoms with Crippen LogP contribution < -0.4 is 15.3 Å². The van der Waals surface area contributed by atoms with Gasteiger partial charge in [0.2, 0.25) is 18.0 Å². The van der Waals surface area contributed by atoms with Crippen LogP contribution in [-0.2, 0) is 34.5 Å². The first-order valence-corrected chi connectivity index (χ1v) is 12.8. The van der Waals surface area contributed by atoms with Crippen LogP contribution in [0.2, 0.25) is 0 Å². The van der Waals surface area contributed by atoms with Crippen molar-refractivity contribution in [1.82, 2.24) is 40.4 Å². The van der Waals surface area contributed by atoms with Crippen molar-refractivity contribution in [3.8, 4) is 0 Å². The minimum atomic E-state index is -1.12. The van der Waals surface area contributed by atoms with Crippen LogP contribution in [0.4, 0.5) is 0 Å². The monoisotopic (exact) mass is 516 g/mol. The van der Waals surface area contributed by atoms with Crippen LogP contribution in [-0.4, -0.2) is 77.9 Å². The summed E-state index contributed by atoms with van der Waals surface area (Å²) in [5.74, 6) is -1.85. The number of aryl methyl sites for hydroxylation is 1. The van der Waals surface area contributed by atoms with E-state index < -0.39 is 17.9 Å². The highest BCUT2D eigenvalue weighted by atomic mass is 32.2. The van der Waals surface area contributed by atoms with Crippen molar-refractivity contribution in [2.45, 2.75) is 50.3 Å². The molecular formula is C22H30N9O4S+. The van der Waals surface area contributed by atoms with Crippen LogP contribution in [0.5, 0.6) is 0 Å². The Bertz CT molecular complexity index is 1200. The molecule has 0 aromatic carbocycles. The summed E-state index contributed by atoms with van der Waals surface area (Å²) in [5.41, 5.74) is 0.0429. The third-order valence-corrected chi connectivity index (χ3v) is 8.48. The zero-order chi connectivity index (χ0) is 25.6. The van der Waals surface area contributed by atoms with Crippen LogP contribution in [0.15, 0.2) is 34.2 Å². The van der Waals surface area contributed by atoms with E-state index in [1.54, 1.807) is 6.92 Å². The van der Waals surface area contributed by atoms with Crippen LogP contribution in [0.1, 0.15) is 20.3 Å². The maximum absolute atomic E-state index is 13.1. The molecule has 0 aliphatic carbocycles. The van der Waals surface area contributed by atoms with E-state index in [4.69, 9.17) is 0 Å². The van der Waals surface area contributed by atoms with Crippen molar-refractivity contribution in [1.29, 1.82) is 0 Å². The third-order valence-electron chi connectivity index (χ3n) is 7.25. The molecule has 0 radical (unpaired) electrons. The summed E-state index contributed by atoms with van der Waals surface area (Å²) in [6, 6.07) is -0.793. The Balaban J connectivity index is 1.30. The largest absolute Gasteiger partial charge is 0.477 e. The molecule has 192 valence electrons. The maximum Gasteiger partial charge on any atom is 0.353 e. The molecule has 0 bridgehead atoms. The van der Waals surface area contributed by atoms with E-state index in [1.807, 2.05) is 31.0 Å². The van der Waals surface area contributed by atoms with Gasteiger partial charge < -0.3 is 20.6 Å². The fraction of sp³-hybridized carbons (Fsp3) is 0.591. The van der Waals surface area contributed by atoms with Gasteiger partial charge in [-0.05, 0) is 42.8 Å². The molecule has 0 unspecified atom stereocenters. The van der Waals surface area contributed by atoms with Gasteiger partial charge in [-0.15, -0.1) is 9.78 Å². The van der Waals surface area contributed by atoms with E-state index in [1.165, 1.54) is 27.7 Å². The molecule has 0 saturated carbocycles. The van der Waals surface area contributed by atoms with Crippen molar-refractivity contribution in [3.05, 3.63) is 29.3 Å². The topological polar surface area (TPSA) is 151 Å². The average Bonchev–Trinajstić information content (AvgIpc) is 3.60. The van der Waals surface area contributed by atoms with Crippen molar-refractivity contribution < 1.29 is 24.2 Å². The molecule has 36 heavy (non-hydrogen) atoms. The Morgan fingerprint density at radius 2 is 2.22 bits per heavy atom. The molecule has 5 rings (SSSR count). The number of aliphatic carboxylic acids is 1. The van der Waals surface area contributed by atoms with Crippen LogP contribution in [0.3, 0.4) is 0 Å². The summed E-state index contributed by atoms with van der Waals surface area (Å²) in [6.45, 7) is 6.58. The van der Waals surface area contributed by atoms with Gasteiger partial charge in [-0.2, -0.15) is 4.68 Å². The van der Waals surface area contributed by atoms with Crippen LogP contribution in [0, 0.1) is 17.8 Å². The van der Waals surface area contributed by atoms with E-state index in [2.05, 4.69) is 30.8 Å². The molecule has 2 amide bonds. The molecule has 14 heteroatoms. The number of hydrogen-bond donors (Lipinski definition) is 3. The Morgan fingerprint density at radius 3 is 2.89 bits per heavy atom. The van der Waals surface area contributed by atoms with E-state index in [0.717, 1.165) is 31.0 Å². The van der Waals surface area contributed by atoms with Crippen molar-refractivity contribution >= 4 is 29.5 Å². The standard InChI is InChI=1S/C22H29N9O4S/c1-12-18-17(13(2)25-16(32)10-29-11-24-26-27-29)21(33)31(18)19(22(34)35)20(12)36-15-8-28(3)30(9-15)7-14-4-5-23-6-14/h8-9,11-14,17-18,23H,4-7,10H2,1-3H3,(H-,25,32,34,35)/p+1/t12-,13-,14-,17-,18-/m1/s1. The number of carboxylic acids is 1. The minimum Gasteiger partial charge on any atom is -0.477 e. The van der Waals surface area contributed by atoms with Gasteiger partial charge >= 0.3 is 5.97 Å². The molecule has 3 aliphatic heterocycles. The minimum absolute atomic E-state index is 0.0429. The lowest BCUT2D eigenvalue weighted by Gasteiger charge is -2.47. The number of carboxylic acid groups (broad SMARTS) is 1. The predicted octanol–water partition coefficient (Wildman–Crippen LogP) is -1.02. The number of nitrogens with one attached hydrogen (secondary N) is 2. The summed E-state index contributed by atoms with van der Waals surface area (Å²) >= 11 is 1.40. The fourth-order valence-electron chi connectivity index (χ4n) is 5.49. The number of carbonyl (C=O) groups excluding carboxylic acids is 2. The molecule has 13 nitrogen and oxygen atoms in total. The lowest BCUT2D eigenvalue weighted by molar-refractivity contribution is -0.754. The number of carbonyl (C=O) groups is 3. The summed E-state index contributed by atoms with van der Waals surface area (Å²) in [4.78, 5) is 40.8. The molecule has 2 fully saturated rings. The van der Waals surface area contributed by atoms with Gasteiger partial charge in [0.05, 0.1) is 29.6 Å². The number of rotatable bonds is 9. The first kappa shape index (κ1) is 24.4. The molecule has 3 N–H and O–H groups in total. The second-order valence-corrected chi connectivity index (χ2v) is 10.8. The van der Waals surface area contributed by atoms with Crippen molar-refractivity contribution in [2.24, 2.45) is 24.8 Å². The Kier molecular flexibility index (Phi) is 6.55. The highest BCUT2D eigenvalue weighted by Crippen LogP contribution is 2.51.